The number of ether oxygens (including phenoxy) is 1. The van der Waals surface area contributed by atoms with Gasteiger partial charge in [-0.1, -0.05) is 6.92 Å². The zero-order chi connectivity index (χ0) is 25.2. The molecular formula is C24H27BrN7O2P. The molecule has 0 radical (unpaired) electrons. The number of aromatic nitrogens is 4. The molecule has 0 saturated carbocycles. The van der Waals surface area contributed by atoms with E-state index in [-0.39, 0.29) is 0 Å². The van der Waals surface area contributed by atoms with Crippen LogP contribution in [-0.4, -0.2) is 47.4 Å². The number of rotatable bonds is 8. The zero-order valence-corrected chi connectivity index (χ0v) is 22.7. The van der Waals surface area contributed by atoms with Crippen molar-refractivity contribution in [3.8, 4) is 5.75 Å². The van der Waals surface area contributed by atoms with Crippen LogP contribution in [0.3, 0.4) is 0 Å². The van der Waals surface area contributed by atoms with Crippen LogP contribution in [0.15, 0.2) is 47.3 Å². The molecule has 11 heteroatoms. The summed E-state index contributed by atoms with van der Waals surface area (Å²) in [6.07, 6.45) is 5.73. The van der Waals surface area contributed by atoms with Crippen LogP contribution in [0.5, 0.6) is 5.75 Å². The SMILES string of the molecule is CCc1cc(Nc2ncc(Br)c(Nc3ccc4nccnc4c3P(C)(C)=O)n2)c(OC)cc1NC. The van der Waals surface area contributed by atoms with Crippen molar-refractivity contribution in [2.75, 3.05) is 43.4 Å². The normalized spacial score (nSPS) is 11.4. The Morgan fingerprint density at radius 2 is 1.80 bits per heavy atom. The highest BCUT2D eigenvalue weighted by atomic mass is 79.9. The van der Waals surface area contributed by atoms with Crippen molar-refractivity contribution < 1.29 is 9.30 Å². The van der Waals surface area contributed by atoms with Crippen LogP contribution in [0, 0.1) is 0 Å². The predicted octanol–water partition coefficient (Wildman–Crippen LogP) is 5.53. The molecule has 4 aromatic rings. The maximum atomic E-state index is 13.2. The van der Waals surface area contributed by atoms with Crippen molar-refractivity contribution in [2.24, 2.45) is 0 Å². The van der Waals surface area contributed by atoms with E-state index in [2.05, 4.69) is 58.7 Å². The van der Waals surface area contributed by atoms with Crippen molar-refractivity contribution in [2.45, 2.75) is 13.3 Å². The third-order valence-electron chi connectivity index (χ3n) is 5.47. The number of halogens is 1. The van der Waals surface area contributed by atoms with E-state index >= 15 is 0 Å². The van der Waals surface area contributed by atoms with Crippen molar-refractivity contribution in [3.63, 3.8) is 0 Å². The summed E-state index contributed by atoms with van der Waals surface area (Å²) >= 11 is 3.52. The topological polar surface area (TPSA) is 114 Å². The molecule has 0 aliphatic carbocycles. The van der Waals surface area contributed by atoms with Crippen LogP contribution in [0.4, 0.5) is 28.8 Å². The van der Waals surface area contributed by atoms with E-state index in [9.17, 15) is 4.57 Å². The van der Waals surface area contributed by atoms with E-state index in [0.29, 0.717) is 44.0 Å². The first-order valence-corrected chi connectivity index (χ1v) is 14.4. The molecule has 0 aliphatic heterocycles. The largest absolute Gasteiger partial charge is 0.494 e. The maximum Gasteiger partial charge on any atom is 0.229 e. The fraction of sp³-hybridized carbons (Fsp3) is 0.250. The van der Waals surface area contributed by atoms with Crippen molar-refractivity contribution in [1.29, 1.82) is 0 Å². The van der Waals surface area contributed by atoms with Crippen LogP contribution >= 0.6 is 23.1 Å². The maximum absolute atomic E-state index is 13.2. The number of hydrogen-bond acceptors (Lipinski definition) is 9. The van der Waals surface area contributed by atoms with Gasteiger partial charge in [0.1, 0.15) is 24.2 Å². The van der Waals surface area contributed by atoms with Gasteiger partial charge in [0.05, 0.1) is 33.8 Å². The Labute approximate surface area is 212 Å². The number of fused-ring (bicyclic) bond motifs is 1. The zero-order valence-electron chi connectivity index (χ0n) is 20.2. The Bertz CT molecular complexity index is 1440. The summed E-state index contributed by atoms with van der Waals surface area (Å²) < 4.78 is 19.5. The standard InChI is InChI=1S/C24H27BrN7O2P/c1-6-14-11-19(20(34-3)12-18(14)26-2)31-24-29-13-15(25)23(32-24)30-17-8-7-16-21(28-10-9-27-16)22(17)35(4,5)33/h7-13,26H,6H2,1-5H3,(H2,29,30,31,32). The molecule has 3 N–H and O–H groups in total. The van der Waals surface area contributed by atoms with Crippen LogP contribution in [0.25, 0.3) is 11.0 Å². The summed E-state index contributed by atoms with van der Waals surface area (Å²) in [6, 6.07) is 7.66. The first-order valence-electron chi connectivity index (χ1n) is 11.0. The van der Waals surface area contributed by atoms with Gasteiger partial charge in [-0.15, -0.1) is 0 Å². The van der Waals surface area contributed by atoms with E-state index in [1.54, 1.807) is 39.0 Å². The highest BCUT2D eigenvalue weighted by Gasteiger charge is 2.22. The second kappa shape index (κ2) is 10.2. The molecule has 2 heterocycles. The molecule has 4 rings (SSSR count). The highest BCUT2D eigenvalue weighted by Crippen LogP contribution is 2.41. The molecule has 9 nitrogen and oxygen atoms in total. The number of anilines is 5. The number of nitrogens with zero attached hydrogens (tertiary/aromatic N) is 4. The van der Waals surface area contributed by atoms with Gasteiger partial charge in [0.2, 0.25) is 5.95 Å². The van der Waals surface area contributed by atoms with Crippen LogP contribution in [0.2, 0.25) is 0 Å². The van der Waals surface area contributed by atoms with E-state index in [1.807, 2.05) is 31.3 Å². The molecule has 182 valence electrons. The average molecular weight is 556 g/mol. The predicted molar refractivity (Wildman–Crippen MR) is 147 cm³/mol. The molecule has 2 aromatic heterocycles. The first kappa shape index (κ1) is 24.9. The molecular weight excluding hydrogens is 529 g/mol. The van der Waals surface area contributed by atoms with Gasteiger partial charge in [-0.05, 0) is 59.4 Å². The molecule has 0 fully saturated rings. The number of nitrogens with one attached hydrogen (secondary N) is 3. The lowest BCUT2D eigenvalue weighted by Crippen LogP contribution is -2.14. The van der Waals surface area contributed by atoms with Gasteiger partial charge in [-0.3, -0.25) is 9.97 Å². The Balaban J connectivity index is 1.73. The minimum absolute atomic E-state index is 0.381. The smallest absolute Gasteiger partial charge is 0.229 e. The molecule has 2 aromatic carbocycles. The molecule has 0 unspecified atom stereocenters. The Hall–Kier alpha value is -3.23. The lowest BCUT2D eigenvalue weighted by Gasteiger charge is -2.18. The summed E-state index contributed by atoms with van der Waals surface area (Å²) in [5.41, 5.74) is 4.84. The number of hydrogen-bond donors (Lipinski definition) is 3. The van der Waals surface area contributed by atoms with Gasteiger partial charge in [0.25, 0.3) is 0 Å². The van der Waals surface area contributed by atoms with E-state index < -0.39 is 7.14 Å². The van der Waals surface area contributed by atoms with Crippen LogP contribution in [0.1, 0.15) is 12.5 Å². The Morgan fingerprint density at radius 1 is 1.03 bits per heavy atom. The summed E-state index contributed by atoms with van der Waals surface area (Å²) in [5.74, 6) is 1.56. The lowest BCUT2D eigenvalue weighted by molar-refractivity contribution is 0.417. The minimum atomic E-state index is -2.71. The number of benzene rings is 2. The van der Waals surface area contributed by atoms with Gasteiger partial charge >= 0.3 is 0 Å². The fourth-order valence-corrected chi connectivity index (χ4v) is 5.53. The average Bonchev–Trinajstić information content (AvgIpc) is 2.84. The van der Waals surface area contributed by atoms with Gasteiger partial charge in [0.15, 0.2) is 0 Å². The first-order chi connectivity index (χ1) is 16.7. The molecule has 0 atom stereocenters. The molecule has 0 saturated heterocycles. The molecule has 0 aliphatic rings. The monoisotopic (exact) mass is 555 g/mol. The highest BCUT2D eigenvalue weighted by molar-refractivity contribution is 9.10. The summed E-state index contributed by atoms with van der Waals surface area (Å²) in [4.78, 5) is 17.9. The van der Waals surface area contributed by atoms with E-state index in [4.69, 9.17) is 4.74 Å². The second-order valence-corrected chi connectivity index (χ2v) is 12.2. The summed E-state index contributed by atoms with van der Waals surface area (Å²) in [5, 5.41) is 10.4. The van der Waals surface area contributed by atoms with Crippen molar-refractivity contribution in [1.82, 2.24) is 19.9 Å². The third kappa shape index (κ3) is 5.23. The molecule has 0 amide bonds. The summed E-state index contributed by atoms with van der Waals surface area (Å²) in [7, 11) is 0.798. The van der Waals surface area contributed by atoms with Crippen LogP contribution < -0.4 is 26.0 Å². The van der Waals surface area contributed by atoms with Crippen molar-refractivity contribution >= 4 is 68.2 Å². The third-order valence-corrected chi connectivity index (χ3v) is 7.58. The quantitative estimate of drug-likeness (QED) is 0.241. The minimum Gasteiger partial charge on any atom is -0.494 e. The van der Waals surface area contributed by atoms with E-state index in [1.165, 1.54) is 0 Å². The molecule has 0 bridgehead atoms. The summed E-state index contributed by atoms with van der Waals surface area (Å²) in [6.45, 7) is 5.53. The number of methoxy groups -OCH3 is 1. The van der Waals surface area contributed by atoms with E-state index in [0.717, 1.165) is 23.4 Å². The second-order valence-electron chi connectivity index (χ2n) is 8.19. The Morgan fingerprint density at radius 3 is 2.49 bits per heavy atom. The van der Waals surface area contributed by atoms with Gasteiger partial charge in [-0.25, -0.2) is 4.98 Å². The van der Waals surface area contributed by atoms with Crippen molar-refractivity contribution in [3.05, 3.63) is 52.9 Å². The molecule has 35 heavy (non-hydrogen) atoms. The number of aryl methyl sites for hydroxylation is 1. The Kier molecular flexibility index (Phi) is 7.23. The van der Waals surface area contributed by atoms with Gasteiger partial charge < -0.3 is 25.3 Å². The van der Waals surface area contributed by atoms with Gasteiger partial charge in [0, 0.05) is 37.4 Å². The van der Waals surface area contributed by atoms with Gasteiger partial charge in [-0.2, -0.15) is 4.98 Å². The fourth-order valence-electron chi connectivity index (χ4n) is 3.85. The van der Waals surface area contributed by atoms with Crippen LogP contribution in [-0.2, 0) is 11.0 Å². The lowest BCUT2D eigenvalue weighted by atomic mass is 10.1. The molecule has 0 spiro atoms.